The summed E-state index contributed by atoms with van der Waals surface area (Å²) in [7, 11) is 1.46. The highest BCUT2D eigenvalue weighted by molar-refractivity contribution is 5.78. The van der Waals surface area contributed by atoms with E-state index in [0.29, 0.717) is 5.57 Å². The van der Waals surface area contributed by atoms with Gasteiger partial charge in [0.05, 0.1) is 24.5 Å². The normalized spacial score (nSPS) is 38.8. The van der Waals surface area contributed by atoms with Gasteiger partial charge in [0.25, 0.3) is 0 Å². The molecule has 0 aromatic rings. The van der Waals surface area contributed by atoms with Gasteiger partial charge >= 0.3 is 29.8 Å². The van der Waals surface area contributed by atoms with Crippen LogP contribution in [0.5, 0.6) is 0 Å². The summed E-state index contributed by atoms with van der Waals surface area (Å²) < 4.78 is 41.0. The number of carbonyl (C=O) groups excluding carboxylic acids is 5. The molecule has 45 heavy (non-hydrogen) atoms. The van der Waals surface area contributed by atoms with Crippen LogP contribution in [0.3, 0.4) is 0 Å². The van der Waals surface area contributed by atoms with E-state index in [1.807, 2.05) is 13.8 Å². The molecule has 13 nitrogen and oxygen atoms in total. The fourth-order valence-electron chi connectivity index (χ4n) is 7.25. The minimum absolute atomic E-state index is 0.000823. The Hall–Kier alpha value is -3.29. The number of hydrogen-bond acceptors (Lipinski definition) is 13. The molecule has 0 aromatic heterocycles. The smallest absolute Gasteiger partial charge is 0.312 e. The maximum Gasteiger partial charge on any atom is 0.312 e. The highest BCUT2D eigenvalue weighted by atomic mass is 16.6. The summed E-state index contributed by atoms with van der Waals surface area (Å²) >= 11 is 0. The summed E-state index contributed by atoms with van der Waals surface area (Å²) in [4.78, 5) is 64.3. The first-order valence-corrected chi connectivity index (χ1v) is 15.2. The zero-order valence-corrected chi connectivity index (χ0v) is 27.0. The number of rotatable bonds is 8. The predicted octanol–water partition coefficient (Wildman–Crippen LogP) is 1.97. The maximum absolute atomic E-state index is 13.3. The van der Waals surface area contributed by atoms with E-state index >= 15 is 0 Å². The summed E-state index contributed by atoms with van der Waals surface area (Å²) in [6.07, 6.45) is -1.49. The zero-order chi connectivity index (χ0) is 33.5. The lowest BCUT2D eigenvalue weighted by Crippen LogP contribution is -2.71. The molecule has 4 aliphatic rings. The molecular formula is C32H44O13. The van der Waals surface area contributed by atoms with Gasteiger partial charge in [-0.25, -0.2) is 0 Å². The number of hydrogen-bond donors (Lipinski definition) is 1. The Balaban J connectivity index is 2.07. The van der Waals surface area contributed by atoms with Crippen LogP contribution in [-0.2, 0) is 57.1 Å². The van der Waals surface area contributed by atoms with Crippen molar-refractivity contribution in [3.63, 3.8) is 0 Å². The molecule has 1 spiro atoms. The molecule has 10 atom stereocenters. The highest BCUT2D eigenvalue weighted by Crippen LogP contribution is 2.62. The molecule has 2 aliphatic carbocycles. The number of epoxide rings is 1. The van der Waals surface area contributed by atoms with E-state index in [1.165, 1.54) is 34.0 Å². The number of fused-ring (bicyclic) bond motifs is 3. The van der Waals surface area contributed by atoms with Crippen LogP contribution >= 0.6 is 0 Å². The van der Waals surface area contributed by atoms with Gasteiger partial charge in [-0.2, -0.15) is 0 Å². The molecule has 2 heterocycles. The Bertz CT molecular complexity index is 1270. The molecule has 4 rings (SSSR count). The minimum atomic E-state index is -2.21. The van der Waals surface area contributed by atoms with E-state index in [0.717, 1.165) is 6.92 Å². The van der Waals surface area contributed by atoms with E-state index in [-0.39, 0.29) is 32.0 Å². The summed E-state index contributed by atoms with van der Waals surface area (Å²) in [5.41, 5.74) is -4.63. The van der Waals surface area contributed by atoms with E-state index < -0.39 is 88.8 Å². The number of carbonyl (C=O) groups is 5. The van der Waals surface area contributed by atoms with Gasteiger partial charge in [-0.15, -0.1) is 0 Å². The van der Waals surface area contributed by atoms with Gasteiger partial charge in [0.1, 0.15) is 30.0 Å². The molecule has 3 fully saturated rings. The third-order valence-electron chi connectivity index (χ3n) is 9.36. The Morgan fingerprint density at radius 3 is 2.18 bits per heavy atom. The molecule has 1 saturated carbocycles. The monoisotopic (exact) mass is 636 g/mol. The Labute approximate surface area is 262 Å². The zero-order valence-electron chi connectivity index (χ0n) is 27.0. The second kappa shape index (κ2) is 12.8. The maximum atomic E-state index is 13.3. The predicted molar refractivity (Wildman–Crippen MR) is 154 cm³/mol. The molecule has 0 aromatic carbocycles. The summed E-state index contributed by atoms with van der Waals surface area (Å²) in [6, 6.07) is 0. The van der Waals surface area contributed by atoms with Gasteiger partial charge in [-0.3, -0.25) is 24.0 Å². The Kier molecular flexibility index (Phi) is 9.87. The van der Waals surface area contributed by atoms with Crippen LogP contribution in [0.15, 0.2) is 23.8 Å². The van der Waals surface area contributed by atoms with Gasteiger partial charge in [0.15, 0.2) is 11.7 Å². The Morgan fingerprint density at radius 2 is 1.64 bits per heavy atom. The molecule has 250 valence electrons. The van der Waals surface area contributed by atoms with Crippen LogP contribution in [0.2, 0.25) is 0 Å². The van der Waals surface area contributed by atoms with Gasteiger partial charge < -0.3 is 38.3 Å². The first-order chi connectivity index (χ1) is 21.0. The van der Waals surface area contributed by atoms with Gasteiger partial charge in [0.2, 0.25) is 0 Å². The third-order valence-corrected chi connectivity index (χ3v) is 9.36. The van der Waals surface area contributed by atoms with Crippen LogP contribution in [0.1, 0.15) is 61.3 Å². The topological polar surface area (TPSA) is 173 Å². The molecule has 0 bridgehead atoms. The van der Waals surface area contributed by atoms with E-state index in [9.17, 15) is 29.1 Å². The lowest BCUT2D eigenvalue weighted by Gasteiger charge is -2.57. The van der Waals surface area contributed by atoms with Crippen molar-refractivity contribution in [2.45, 2.75) is 103 Å². The van der Waals surface area contributed by atoms with Crippen LogP contribution < -0.4 is 0 Å². The van der Waals surface area contributed by atoms with E-state index in [1.54, 1.807) is 19.1 Å². The first kappa shape index (κ1) is 34.6. The number of esters is 5. The quantitative estimate of drug-likeness (QED) is 0.233. The standard InChI is InChI=1S/C32H44O13/c1-16(2)11-26(36)44-23-13-24(42-19(5)34)31(15-40-31)27-28(43-20(6)35)32(38)17(3)29(37)45-25(32)12-21(14-39-8)9-10-22(30(23,27)7)41-18(4)33/h9-10,12,16-17,22-25,27-28,38H,11,13-15H2,1-8H3/t17-,22-,23-,24+,25-,27+,28-,30-,31+,32-/m0/s1. The molecule has 1 N–H and O–H groups in total. The fourth-order valence-corrected chi connectivity index (χ4v) is 7.25. The molecule has 0 radical (unpaired) electrons. The molecule has 13 heteroatoms. The van der Waals surface area contributed by atoms with Gasteiger partial charge in [0, 0.05) is 46.6 Å². The van der Waals surface area contributed by atoms with E-state index in [2.05, 4.69) is 0 Å². The van der Waals surface area contributed by atoms with Crippen molar-refractivity contribution >= 4 is 29.8 Å². The summed E-state index contributed by atoms with van der Waals surface area (Å²) in [5, 5.41) is 12.7. The lowest BCUT2D eigenvalue weighted by molar-refractivity contribution is -0.252. The average molecular weight is 637 g/mol. The number of ether oxygens (including phenoxy) is 7. The summed E-state index contributed by atoms with van der Waals surface area (Å²) in [6.45, 7) is 10.5. The molecule has 0 amide bonds. The van der Waals surface area contributed by atoms with Crippen LogP contribution in [-0.4, -0.2) is 97.0 Å². The first-order valence-electron chi connectivity index (χ1n) is 15.2. The van der Waals surface area contributed by atoms with Crippen molar-refractivity contribution in [2.24, 2.45) is 23.2 Å². The van der Waals surface area contributed by atoms with Crippen molar-refractivity contribution in [3.8, 4) is 0 Å². The van der Waals surface area contributed by atoms with Crippen molar-refractivity contribution in [1.82, 2.24) is 0 Å². The SMILES string of the molecule is COCC1=C[C@@H]2OC(=O)[C@H](C)[C@@]2(O)[C@@H](OC(C)=O)[C@H]2[C@@]3(CO3)[C@H](OC(C)=O)C[C@H](OC(=O)CC(C)C)[C@]2(C)[C@@H](OC(C)=O)C=C1. The van der Waals surface area contributed by atoms with Crippen molar-refractivity contribution in [1.29, 1.82) is 0 Å². The molecule has 0 unspecified atom stereocenters. The van der Waals surface area contributed by atoms with Crippen LogP contribution in [0.4, 0.5) is 0 Å². The van der Waals surface area contributed by atoms with Crippen LogP contribution in [0, 0.1) is 23.2 Å². The van der Waals surface area contributed by atoms with Crippen LogP contribution in [0.25, 0.3) is 0 Å². The average Bonchev–Trinajstić information content (AvgIpc) is 3.67. The minimum Gasteiger partial charge on any atom is -0.461 e. The lowest BCUT2D eigenvalue weighted by atomic mass is 9.52. The second-order valence-corrected chi connectivity index (χ2v) is 13.1. The third kappa shape index (κ3) is 6.39. The summed E-state index contributed by atoms with van der Waals surface area (Å²) in [5.74, 6) is -5.85. The van der Waals surface area contributed by atoms with E-state index in [4.69, 9.17) is 33.2 Å². The highest BCUT2D eigenvalue weighted by Gasteiger charge is 2.78. The van der Waals surface area contributed by atoms with Gasteiger partial charge in [-0.1, -0.05) is 26.8 Å². The molecule has 2 aliphatic heterocycles. The number of methoxy groups -OCH3 is 1. The molecule has 2 saturated heterocycles. The van der Waals surface area contributed by atoms with Crippen molar-refractivity contribution in [3.05, 3.63) is 23.8 Å². The van der Waals surface area contributed by atoms with Gasteiger partial charge in [-0.05, 0) is 30.6 Å². The largest absolute Gasteiger partial charge is 0.461 e. The second-order valence-electron chi connectivity index (χ2n) is 13.1. The van der Waals surface area contributed by atoms with Crippen molar-refractivity contribution < 1.29 is 62.2 Å². The number of aliphatic hydroxyl groups is 1. The molecular weight excluding hydrogens is 592 g/mol. The van der Waals surface area contributed by atoms with Crippen molar-refractivity contribution in [2.75, 3.05) is 20.3 Å². The Morgan fingerprint density at radius 1 is 1.02 bits per heavy atom. The fraction of sp³-hybridized carbons (Fsp3) is 0.719.